The van der Waals surface area contributed by atoms with Crippen molar-refractivity contribution in [2.24, 2.45) is 0 Å². The molecule has 1 aliphatic heterocycles. The first kappa shape index (κ1) is 16.9. The van der Waals surface area contributed by atoms with Crippen LogP contribution in [0.4, 0.5) is 0 Å². The lowest BCUT2D eigenvalue weighted by atomic mass is 10.1. The second kappa shape index (κ2) is 7.21. The minimum Gasteiger partial charge on any atom is -0.351 e. The van der Waals surface area contributed by atoms with Crippen LogP contribution >= 0.6 is 0 Å². The van der Waals surface area contributed by atoms with Gasteiger partial charge in [0.2, 0.25) is 0 Å². The molecule has 0 unspecified atom stereocenters. The number of carbonyl (C=O) groups is 1. The van der Waals surface area contributed by atoms with Gasteiger partial charge in [0.1, 0.15) is 0 Å². The van der Waals surface area contributed by atoms with Crippen molar-refractivity contribution >= 4 is 15.7 Å². The Bertz CT molecular complexity index is 637. The molecule has 1 fully saturated rings. The highest BCUT2D eigenvalue weighted by Crippen LogP contribution is 2.16. The molecular formula is C15H23N3O3S. The first-order chi connectivity index (χ1) is 10.4. The zero-order valence-corrected chi connectivity index (χ0v) is 13.9. The maximum Gasteiger partial charge on any atom is 0.251 e. The summed E-state index contributed by atoms with van der Waals surface area (Å²) in [7, 11) is -3.32. The monoisotopic (exact) mass is 325 g/mol. The number of aryl methyl sites for hydroxylation is 1. The van der Waals surface area contributed by atoms with Crippen LogP contribution in [0.15, 0.2) is 23.1 Å². The van der Waals surface area contributed by atoms with Gasteiger partial charge in [0, 0.05) is 51.1 Å². The Morgan fingerprint density at radius 3 is 2.64 bits per heavy atom. The fourth-order valence-corrected chi connectivity index (χ4v) is 3.50. The zero-order chi connectivity index (χ0) is 16.2. The van der Waals surface area contributed by atoms with Gasteiger partial charge in [0.25, 0.3) is 5.91 Å². The van der Waals surface area contributed by atoms with Crippen LogP contribution < -0.4 is 10.6 Å². The summed E-state index contributed by atoms with van der Waals surface area (Å²) >= 11 is 0. The van der Waals surface area contributed by atoms with Crippen LogP contribution in [0.2, 0.25) is 0 Å². The molecule has 1 heterocycles. The molecule has 0 bridgehead atoms. The van der Waals surface area contributed by atoms with E-state index in [2.05, 4.69) is 15.5 Å². The van der Waals surface area contributed by atoms with Crippen LogP contribution in [0.3, 0.4) is 0 Å². The predicted octanol–water partition coefficient (Wildman–Crippen LogP) is 0.0335. The second-order valence-corrected chi connectivity index (χ2v) is 7.58. The molecule has 122 valence electrons. The van der Waals surface area contributed by atoms with Gasteiger partial charge in [-0.2, -0.15) is 0 Å². The molecular weight excluding hydrogens is 302 g/mol. The number of sulfone groups is 1. The van der Waals surface area contributed by atoms with Crippen molar-refractivity contribution in [1.82, 2.24) is 15.5 Å². The van der Waals surface area contributed by atoms with Gasteiger partial charge in [-0.1, -0.05) is 6.07 Å². The molecule has 0 radical (unpaired) electrons. The van der Waals surface area contributed by atoms with E-state index >= 15 is 0 Å². The standard InChI is InChI=1S/C15H23N3O3S/c1-12-3-4-13(11-14(12)22(2,20)21)15(19)17-7-10-18-8-5-16-6-9-18/h3-4,11,16H,5-10H2,1-2H3,(H,17,19). The Kier molecular flexibility index (Phi) is 5.55. The fraction of sp³-hybridized carbons (Fsp3) is 0.533. The first-order valence-electron chi connectivity index (χ1n) is 7.40. The first-order valence-corrected chi connectivity index (χ1v) is 9.29. The Labute approximate surface area is 131 Å². The lowest BCUT2D eigenvalue weighted by Crippen LogP contribution is -2.46. The summed E-state index contributed by atoms with van der Waals surface area (Å²) in [5, 5.41) is 6.13. The minimum absolute atomic E-state index is 0.210. The molecule has 7 heteroatoms. The number of rotatable bonds is 5. The third kappa shape index (κ3) is 4.53. The maximum atomic E-state index is 12.1. The van der Waals surface area contributed by atoms with Crippen molar-refractivity contribution in [2.45, 2.75) is 11.8 Å². The number of hydrogen-bond donors (Lipinski definition) is 2. The van der Waals surface area contributed by atoms with Crippen LogP contribution in [0.5, 0.6) is 0 Å². The highest BCUT2D eigenvalue weighted by molar-refractivity contribution is 7.90. The summed E-state index contributed by atoms with van der Waals surface area (Å²) in [6.45, 7) is 7.01. The Balaban J connectivity index is 1.95. The van der Waals surface area contributed by atoms with Crippen LogP contribution in [0.1, 0.15) is 15.9 Å². The summed E-state index contributed by atoms with van der Waals surface area (Å²) in [6.07, 6.45) is 1.15. The molecule has 1 aromatic carbocycles. The molecule has 0 saturated carbocycles. The highest BCUT2D eigenvalue weighted by atomic mass is 32.2. The van der Waals surface area contributed by atoms with E-state index in [0.717, 1.165) is 39.0 Å². The summed E-state index contributed by atoms with van der Waals surface area (Å²) in [5.74, 6) is -0.236. The Hall–Kier alpha value is -1.44. The van der Waals surface area contributed by atoms with Gasteiger partial charge in [-0.25, -0.2) is 8.42 Å². The number of amides is 1. The van der Waals surface area contributed by atoms with Gasteiger partial charge in [-0.3, -0.25) is 9.69 Å². The van der Waals surface area contributed by atoms with E-state index < -0.39 is 9.84 Å². The molecule has 0 aromatic heterocycles. The predicted molar refractivity (Wildman–Crippen MR) is 85.9 cm³/mol. The summed E-state index contributed by atoms with van der Waals surface area (Å²) in [4.78, 5) is 14.6. The van der Waals surface area contributed by atoms with E-state index in [9.17, 15) is 13.2 Å². The molecule has 1 aliphatic rings. The van der Waals surface area contributed by atoms with E-state index in [1.165, 1.54) is 6.07 Å². The normalized spacial score (nSPS) is 16.5. The van der Waals surface area contributed by atoms with Crippen molar-refractivity contribution in [3.05, 3.63) is 29.3 Å². The largest absolute Gasteiger partial charge is 0.351 e. The second-order valence-electron chi connectivity index (χ2n) is 5.60. The summed E-state index contributed by atoms with van der Waals surface area (Å²) < 4.78 is 23.4. The molecule has 2 N–H and O–H groups in total. The number of nitrogens with one attached hydrogen (secondary N) is 2. The van der Waals surface area contributed by atoms with E-state index in [0.29, 0.717) is 17.7 Å². The van der Waals surface area contributed by atoms with Crippen molar-refractivity contribution in [3.63, 3.8) is 0 Å². The highest BCUT2D eigenvalue weighted by Gasteiger charge is 2.15. The molecule has 0 spiro atoms. The average molecular weight is 325 g/mol. The van der Waals surface area contributed by atoms with Gasteiger partial charge in [0.05, 0.1) is 4.90 Å². The van der Waals surface area contributed by atoms with Crippen LogP contribution in [0.25, 0.3) is 0 Å². The van der Waals surface area contributed by atoms with Gasteiger partial charge in [-0.05, 0) is 24.6 Å². The van der Waals surface area contributed by atoms with E-state index in [4.69, 9.17) is 0 Å². The number of nitrogens with zero attached hydrogens (tertiary/aromatic N) is 1. The Morgan fingerprint density at radius 2 is 2.00 bits per heavy atom. The minimum atomic E-state index is -3.32. The lowest BCUT2D eigenvalue weighted by molar-refractivity contribution is 0.0947. The number of benzene rings is 1. The number of piperazine rings is 1. The quantitative estimate of drug-likeness (QED) is 0.799. The number of hydrogen-bond acceptors (Lipinski definition) is 5. The Morgan fingerprint density at radius 1 is 1.32 bits per heavy atom. The molecule has 0 aliphatic carbocycles. The molecule has 1 saturated heterocycles. The smallest absolute Gasteiger partial charge is 0.251 e. The third-order valence-corrected chi connectivity index (χ3v) is 5.01. The summed E-state index contributed by atoms with van der Waals surface area (Å²) in [6, 6.07) is 4.77. The molecule has 22 heavy (non-hydrogen) atoms. The van der Waals surface area contributed by atoms with Crippen LogP contribution in [-0.2, 0) is 9.84 Å². The van der Waals surface area contributed by atoms with E-state index in [1.807, 2.05) is 0 Å². The molecule has 1 aromatic rings. The van der Waals surface area contributed by atoms with Gasteiger partial charge in [-0.15, -0.1) is 0 Å². The topological polar surface area (TPSA) is 78.5 Å². The van der Waals surface area contributed by atoms with Gasteiger partial charge in [0.15, 0.2) is 9.84 Å². The molecule has 1 amide bonds. The molecule has 0 atom stereocenters. The van der Waals surface area contributed by atoms with Crippen molar-refractivity contribution in [2.75, 3.05) is 45.5 Å². The zero-order valence-electron chi connectivity index (χ0n) is 13.1. The lowest BCUT2D eigenvalue weighted by Gasteiger charge is -2.27. The maximum absolute atomic E-state index is 12.1. The average Bonchev–Trinajstić information content (AvgIpc) is 2.47. The molecule has 2 rings (SSSR count). The van der Waals surface area contributed by atoms with Gasteiger partial charge >= 0.3 is 0 Å². The van der Waals surface area contributed by atoms with Crippen molar-refractivity contribution < 1.29 is 13.2 Å². The van der Waals surface area contributed by atoms with Gasteiger partial charge < -0.3 is 10.6 Å². The summed E-state index contributed by atoms with van der Waals surface area (Å²) in [5.41, 5.74) is 1.03. The van der Waals surface area contributed by atoms with Crippen LogP contribution in [-0.4, -0.2) is 64.7 Å². The number of carbonyl (C=O) groups excluding carboxylic acids is 1. The fourth-order valence-electron chi connectivity index (χ4n) is 2.51. The van der Waals surface area contributed by atoms with E-state index in [1.54, 1.807) is 19.1 Å². The van der Waals surface area contributed by atoms with Crippen molar-refractivity contribution in [3.8, 4) is 0 Å². The third-order valence-electron chi connectivity index (χ3n) is 3.77. The van der Waals surface area contributed by atoms with Crippen molar-refractivity contribution in [1.29, 1.82) is 0 Å². The van der Waals surface area contributed by atoms with Crippen LogP contribution in [0, 0.1) is 6.92 Å². The SMILES string of the molecule is Cc1ccc(C(=O)NCCN2CCNCC2)cc1S(C)(=O)=O. The molecule has 6 nitrogen and oxygen atoms in total. The van der Waals surface area contributed by atoms with E-state index in [-0.39, 0.29) is 10.8 Å².